The summed E-state index contributed by atoms with van der Waals surface area (Å²) in [7, 11) is 0. The Kier molecular flexibility index (Phi) is 2.92. The summed E-state index contributed by atoms with van der Waals surface area (Å²) in [5.74, 6) is 0. The number of hydrogen-bond acceptors (Lipinski definition) is 1. The molecule has 2 rings (SSSR count). The van der Waals surface area contributed by atoms with E-state index in [0.29, 0.717) is 0 Å². The molecule has 0 aliphatic carbocycles. The van der Waals surface area contributed by atoms with Crippen LogP contribution in [0.3, 0.4) is 0 Å². The molecule has 0 aliphatic heterocycles. The largest absolute Gasteiger partial charge is 0.261 e. The summed E-state index contributed by atoms with van der Waals surface area (Å²) < 4.78 is 0. The average molecular weight is 183 g/mol. The maximum Gasteiger partial charge on any atom is 0.0406 e. The highest BCUT2D eigenvalue weighted by molar-refractivity contribution is 5.16. The van der Waals surface area contributed by atoms with Crippen LogP contribution >= 0.6 is 0 Å². The second-order valence-electron chi connectivity index (χ2n) is 3.31. The fraction of sp³-hybridized carbons (Fsp3) is 0.154. The third-order valence-corrected chi connectivity index (χ3v) is 2.24. The predicted molar refractivity (Wildman–Crippen MR) is 58.1 cm³/mol. The molecular weight excluding hydrogens is 170 g/mol. The summed E-state index contributed by atoms with van der Waals surface area (Å²) in [6.07, 6.45) is 3.93. The molecule has 70 valence electrons. The molecule has 0 bridgehead atoms. The van der Waals surface area contributed by atoms with Gasteiger partial charge in [-0.15, -0.1) is 0 Å². The van der Waals surface area contributed by atoms with Crippen molar-refractivity contribution in [3.63, 3.8) is 0 Å². The summed E-state index contributed by atoms with van der Waals surface area (Å²) in [6.45, 7) is 0. The minimum absolute atomic E-state index is 1.02. The van der Waals surface area contributed by atoms with Gasteiger partial charge in [0.15, 0.2) is 0 Å². The van der Waals surface area contributed by atoms with E-state index in [-0.39, 0.29) is 0 Å². The molecule has 1 heteroatoms. The topological polar surface area (TPSA) is 12.9 Å². The number of benzene rings is 1. The first-order valence-electron chi connectivity index (χ1n) is 4.89. The van der Waals surface area contributed by atoms with E-state index in [1.165, 1.54) is 5.56 Å². The Morgan fingerprint density at radius 2 is 1.57 bits per heavy atom. The molecule has 0 fully saturated rings. The van der Waals surface area contributed by atoms with Crippen molar-refractivity contribution in [2.45, 2.75) is 12.8 Å². The fourth-order valence-corrected chi connectivity index (χ4v) is 1.46. The summed E-state index contributed by atoms with van der Waals surface area (Å²) >= 11 is 0. The Morgan fingerprint density at radius 3 is 2.29 bits per heavy atom. The molecule has 0 unspecified atom stereocenters. The van der Waals surface area contributed by atoms with Crippen molar-refractivity contribution in [2.75, 3.05) is 0 Å². The molecule has 0 saturated carbocycles. The summed E-state index contributed by atoms with van der Waals surface area (Å²) in [4.78, 5) is 4.29. The molecule has 1 aromatic heterocycles. The second-order valence-corrected chi connectivity index (χ2v) is 3.31. The van der Waals surface area contributed by atoms with Crippen LogP contribution in [0.15, 0.2) is 54.7 Å². The van der Waals surface area contributed by atoms with E-state index in [9.17, 15) is 0 Å². The van der Waals surface area contributed by atoms with E-state index in [2.05, 4.69) is 35.3 Å². The monoisotopic (exact) mass is 183 g/mol. The molecule has 0 N–H and O–H groups in total. The minimum Gasteiger partial charge on any atom is -0.261 e. The summed E-state index contributed by atoms with van der Waals surface area (Å²) in [6, 6.07) is 16.6. The lowest BCUT2D eigenvalue weighted by atomic mass is 10.1. The van der Waals surface area contributed by atoms with Gasteiger partial charge in [0.1, 0.15) is 0 Å². The van der Waals surface area contributed by atoms with Crippen LogP contribution < -0.4 is 0 Å². The van der Waals surface area contributed by atoms with Gasteiger partial charge >= 0.3 is 0 Å². The van der Waals surface area contributed by atoms with Crippen LogP contribution in [0.25, 0.3) is 0 Å². The normalized spacial score (nSPS) is 10.0. The molecule has 14 heavy (non-hydrogen) atoms. The first-order chi connectivity index (χ1) is 6.95. The Hall–Kier alpha value is -1.63. The van der Waals surface area contributed by atoms with Crippen LogP contribution in [0, 0.1) is 0 Å². The van der Waals surface area contributed by atoms with Crippen LogP contribution in [0.2, 0.25) is 0 Å². The molecule has 0 atom stereocenters. The van der Waals surface area contributed by atoms with Crippen LogP contribution in [-0.4, -0.2) is 4.98 Å². The third kappa shape index (κ3) is 2.43. The van der Waals surface area contributed by atoms with E-state index >= 15 is 0 Å². The van der Waals surface area contributed by atoms with Crippen LogP contribution in [-0.2, 0) is 12.8 Å². The van der Waals surface area contributed by atoms with Gasteiger partial charge in [0.05, 0.1) is 0 Å². The van der Waals surface area contributed by atoms with Crippen molar-refractivity contribution >= 4 is 0 Å². The van der Waals surface area contributed by atoms with Crippen molar-refractivity contribution in [3.8, 4) is 0 Å². The Bertz CT molecular complexity index is 327. The van der Waals surface area contributed by atoms with E-state index in [1.54, 1.807) is 0 Å². The highest BCUT2D eigenvalue weighted by Crippen LogP contribution is 2.04. The van der Waals surface area contributed by atoms with Crippen LogP contribution in [0.1, 0.15) is 11.3 Å². The summed E-state index contributed by atoms with van der Waals surface area (Å²) in [5.41, 5.74) is 2.54. The second kappa shape index (κ2) is 4.56. The summed E-state index contributed by atoms with van der Waals surface area (Å²) in [5, 5.41) is 0. The molecule has 1 heterocycles. The lowest BCUT2D eigenvalue weighted by Gasteiger charge is -2.00. The number of hydrogen-bond donors (Lipinski definition) is 0. The Morgan fingerprint density at radius 1 is 0.786 bits per heavy atom. The van der Waals surface area contributed by atoms with Crippen LogP contribution in [0.4, 0.5) is 0 Å². The van der Waals surface area contributed by atoms with Gasteiger partial charge in [-0.3, -0.25) is 4.98 Å². The number of pyridine rings is 1. The standard InChI is InChI=1S/C13H13N/c1-2-6-12(7-3-1)9-10-13-8-4-5-11-14-13/h1-8,11H,9-10H2. The number of aryl methyl sites for hydroxylation is 2. The molecule has 1 aromatic carbocycles. The SMILES string of the molecule is c1ccc(CCc2ccccn2)cc1. The zero-order valence-electron chi connectivity index (χ0n) is 8.06. The van der Waals surface area contributed by atoms with Gasteiger partial charge in [-0.2, -0.15) is 0 Å². The molecular formula is C13H13N. The quantitative estimate of drug-likeness (QED) is 0.713. The number of rotatable bonds is 3. The van der Waals surface area contributed by atoms with Crippen molar-refractivity contribution in [3.05, 3.63) is 66.0 Å². The van der Waals surface area contributed by atoms with Crippen LogP contribution in [0.5, 0.6) is 0 Å². The Balaban J connectivity index is 1.96. The van der Waals surface area contributed by atoms with Gasteiger partial charge in [0.25, 0.3) is 0 Å². The van der Waals surface area contributed by atoms with Gasteiger partial charge in [-0.05, 0) is 30.5 Å². The molecule has 0 saturated heterocycles. The Labute approximate surface area is 84.4 Å². The van der Waals surface area contributed by atoms with Gasteiger partial charge in [-0.1, -0.05) is 36.4 Å². The average Bonchev–Trinajstić information content (AvgIpc) is 2.29. The first kappa shape index (κ1) is 8.95. The fourth-order valence-electron chi connectivity index (χ4n) is 1.46. The lowest BCUT2D eigenvalue weighted by Crippen LogP contribution is -1.92. The maximum atomic E-state index is 4.29. The highest BCUT2D eigenvalue weighted by atomic mass is 14.7. The first-order valence-corrected chi connectivity index (χ1v) is 4.89. The van der Waals surface area contributed by atoms with Gasteiger partial charge in [-0.25, -0.2) is 0 Å². The highest BCUT2D eigenvalue weighted by Gasteiger charge is 1.94. The smallest absolute Gasteiger partial charge is 0.0406 e. The lowest BCUT2D eigenvalue weighted by molar-refractivity contribution is 0.914. The van der Waals surface area contributed by atoms with E-state index in [4.69, 9.17) is 0 Å². The van der Waals surface area contributed by atoms with Crippen molar-refractivity contribution in [1.29, 1.82) is 0 Å². The minimum atomic E-state index is 1.02. The van der Waals surface area contributed by atoms with Gasteiger partial charge < -0.3 is 0 Å². The van der Waals surface area contributed by atoms with E-state index < -0.39 is 0 Å². The number of aromatic nitrogens is 1. The van der Waals surface area contributed by atoms with E-state index in [0.717, 1.165) is 18.5 Å². The zero-order chi connectivity index (χ0) is 9.64. The predicted octanol–water partition coefficient (Wildman–Crippen LogP) is 2.87. The molecule has 0 amide bonds. The van der Waals surface area contributed by atoms with Crippen molar-refractivity contribution in [1.82, 2.24) is 4.98 Å². The van der Waals surface area contributed by atoms with E-state index in [1.807, 2.05) is 24.4 Å². The molecule has 2 aromatic rings. The molecule has 0 spiro atoms. The van der Waals surface area contributed by atoms with Gasteiger partial charge in [0, 0.05) is 11.9 Å². The molecule has 1 nitrogen and oxygen atoms in total. The maximum absolute atomic E-state index is 4.29. The van der Waals surface area contributed by atoms with Gasteiger partial charge in [0.2, 0.25) is 0 Å². The number of nitrogens with zero attached hydrogens (tertiary/aromatic N) is 1. The van der Waals surface area contributed by atoms with Crippen molar-refractivity contribution in [2.24, 2.45) is 0 Å². The zero-order valence-corrected chi connectivity index (χ0v) is 8.06. The van der Waals surface area contributed by atoms with Crippen molar-refractivity contribution < 1.29 is 0 Å². The molecule has 0 aliphatic rings. The molecule has 0 radical (unpaired) electrons. The third-order valence-electron chi connectivity index (χ3n) is 2.24.